The summed E-state index contributed by atoms with van der Waals surface area (Å²) in [4.78, 5) is 25.9. The van der Waals surface area contributed by atoms with Crippen LogP contribution in [0.2, 0.25) is 0 Å². The summed E-state index contributed by atoms with van der Waals surface area (Å²) in [6.07, 6.45) is 4.98. The van der Waals surface area contributed by atoms with E-state index in [1.165, 1.54) is 17.5 Å². The number of hydrogen-bond donors (Lipinski definition) is 1. The summed E-state index contributed by atoms with van der Waals surface area (Å²) in [6, 6.07) is 5.80. The van der Waals surface area contributed by atoms with Crippen molar-refractivity contribution in [1.82, 2.24) is 5.32 Å². The van der Waals surface area contributed by atoms with Crippen molar-refractivity contribution in [3.63, 3.8) is 0 Å². The lowest BCUT2D eigenvalue weighted by molar-refractivity contribution is -0.131. The maximum absolute atomic E-state index is 12.5. The number of anilines is 1. The fourth-order valence-electron chi connectivity index (χ4n) is 3.14. The van der Waals surface area contributed by atoms with Crippen LogP contribution in [0.15, 0.2) is 18.2 Å². The molecule has 1 atom stereocenters. The first kappa shape index (κ1) is 13.2. The number of aryl methyl sites for hydroxylation is 2. The minimum absolute atomic E-state index is 0.0180. The second kappa shape index (κ2) is 5.27. The van der Waals surface area contributed by atoms with Crippen molar-refractivity contribution < 1.29 is 9.59 Å². The van der Waals surface area contributed by atoms with Crippen molar-refractivity contribution in [1.29, 1.82) is 0 Å². The summed E-state index contributed by atoms with van der Waals surface area (Å²) in [6.45, 7) is 2.16. The van der Waals surface area contributed by atoms with Gasteiger partial charge in [0, 0.05) is 5.69 Å². The van der Waals surface area contributed by atoms with E-state index in [2.05, 4.69) is 17.4 Å². The van der Waals surface area contributed by atoms with Crippen LogP contribution in [0, 0.1) is 0 Å². The minimum atomic E-state index is -0.366. The Balaban J connectivity index is 1.88. The molecule has 0 spiro atoms. The highest BCUT2D eigenvalue weighted by Crippen LogP contribution is 2.28. The van der Waals surface area contributed by atoms with Crippen LogP contribution < -0.4 is 10.2 Å². The number of fused-ring (bicyclic) bond motifs is 1. The van der Waals surface area contributed by atoms with Crippen LogP contribution in [0.5, 0.6) is 0 Å². The molecule has 1 aromatic carbocycles. The smallest absolute Gasteiger partial charge is 0.250 e. The molecule has 1 aliphatic carbocycles. The summed E-state index contributed by atoms with van der Waals surface area (Å²) in [7, 11) is 0. The third-order valence-corrected chi connectivity index (χ3v) is 4.17. The second-order valence-electron chi connectivity index (χ2n) is 5.64. The van der Waals surface area contributed by atoms with E-state index < -0.39 is 0 Å². The van der Waals surface area contributed by atoms with E-state index in [9.17, 15) is 9.59 Å². The monoisotopic (exact) mass is 272 g/mol. The van der Waals surface area contributed by atoms with Gasteiger partial charge >= 0.3 is 0 Å². The summed E-state index contributed by atoms with van der Waals surface area (Å²) in [5, 5.41) is 2.79. The molecule has 1 fully saturated rings. The summed E-state index contributed by atoms with van der Waals surface area (Å²) < 4.78 is 0. The van der Waals surface area contributed by atoms with Crippen molar-refractivity contribution >= 4 is 17.5 Å². The first-order chi connectivity index (χ1) is 9.69. The van der Waals surface area contributed by atoms with Crippen LogP contribution in [0.25, 0.3) is 0 Å². The molecule has 0 saturated carbocycles. The molecule has 3 rings (SSSR count). The zero-order valence-corrected chi connectivity index (χ0v) is 11.8. The van der Waals surface area contributed by atoms with Gasteiger partial charge in [0.05, 0.1) is 0 Å². The number of benzene rings is 1. The average molecular weight is 272 g/mol. The summed E-state index contributed by atoms with van der Waals surface area (Å²) in [5.74, 6) is -0.0482. The Morgan fingerprint density at radius 1 is 1.25 bits per heavy atom. The van der Waals surface area contributed by atoms with Crippen molar-refractivity contribution in [3.05, 3.63) is 29.3 Å². The van der Waals surface area contributed by atoms with Gasteiger partial charge in [0.1, 0.15) is 12.6 Å². The molecule has 0 aromatic heterocycles. The third kappa shape index (κ3) is 2.30. The summed E-state index contributed by atoms with van der Waals surface area (Å²) in [5.41, 5.74) is 3.58. The highest BCUT2D eigenvalue weighted by molar-refractivity contribution is 6.06. The molecule has 1 aromatic rings. The number of rotatable bonds is 3. The van der Waals surface area contributed by atoms with Crippen molar-refractivity contribution in [2.75, 3.05) is 11.4 Å². The van der Waals surface area contributed by atoms with Gasteiger partial charge < -0.3 is 10.2 Å². The fourth-order valence-corrected chi connectivity index (χ4v) is 3.14. The maximum Gasteiger partial charge on any atom is 0.250 e. The Kier molecular flexibility index (Phi) is 3.47. The Morgan fingerprint density at radius 2 is 2.05 bits per heavy atom. The van der Waals surface area contributed by atoms with E-state index >= 15 is 0 Å². The van der Waals surface area contributed by atoms with Crippen LogP contribution in [-0.2, 0) is 22.4 Å². The topological polar surface area (TPSA) is 49.4 Å². The lowest BCUT2D eigenvalue weighted by Gasteiger charge is -2.32. The van der Waals surface area contributed by atoms with Crippen molar-refractivity contribution in [2.45, 2.75) is 45.1 Å². The van der Waals surface area contributed by atoms with Crippen LogP contribution in [0.4, 0.5) is 5.69 Å². The van der Waals surface area contributed by atoms with Crippen LogP contribution in [0.1, 0.15) is 37.3 Å². The fraction of sp³-hybridized carbons (Fsp3) is 0.500. The average Bonchev–Trinajstić information content (AvgIpc) is 2.90. The van der Waals surface area contributed by atoms with Crippen LogP contribution in [-0.4, -0.2) is 24.4 Å². The SMILES string of the molecule is CCCC1NC(=O)CN(c2ccc3c(c2)CCC3)C1=O. The van der Waals surface area contributed by atoms with Gasteiger partial charge in [-0.25, -0.2) is 0 Å². The Hall–Kier alpha value is -1.84. The van der Waals surface area contributed by atoms with Crippen molar-refractivity contribution in [3.8, 4) is 0 Å². The molecule has 4 heteroatoms. The predicted molar refractivity (Wildman–Crippen MR) is 77.7 cm³/mol. The van der Waals surface area contributed by atoms with E-state index in [1.807, 2.05) is 13.0 Å². The molecule has 2 amide bonds. The summed E-state index contributed by atoms with van der Waals surface area (Å²) >= 11 is 0. The highest BCUT2D eigenvalue weighted by Gasteiger charge is 2.33. The standard InChI is InChI=1S/C16H20N2O2/c1-2-4-14-16(20)18(10-15(19)17-14)13-8-7-11-5-3-6-12(11)9-13/h7-9,14H,2-6,10H2,1H3,(H,17,19). The van der Waals surface area contributed by atoms with Gasteiger partial charge in [0.25, 0.3) is 0 Å². The molecular weight excluding hydrogens is 252 g/mol. The Labute approximate surface area is 119 Å². The minimum Gasteiger partial charge on any atom is -0.343 e. The van der Waals surface area contributed by atoms with Crippen LogP contribution >= 0.6 is 0 Å². The molecule has 20 heavy (non-hydrogen) atoms. The van der Waals surface area contributed by atoms with Gasteiger partial charge in [-0.2, -0.15) is 0 Å². The molecule has 0 radical (unpaired) electrons. The van der Waals surface area contributed by atoms with Gasteiger partial charge in [-0.05, 0) is 48.9 Å². The molecule has 1 unspecified atom stereocenters. The highest BCUT2D eigenvalue weighted by atomic mass is 16.2. The molecule has 1 saturated heterocycles. The molecular formula is C16H20N2O2. The lowest BCUT2D eigenvalue weighted by atomic mass is 10.1. The zero-order valence-electron chi connectivity index (χ0n) is 11.8. The number of piperazine rings is 1. The number of hydrogen-bond acceptors (Lipinski definition) is 2. The van der Waals surface area contributed by atoms with E-state index in [-0.39, 0.29) is 24.4 Å². The lowest BCUT2D eigenvalue weighted by Crippen LogP contribution is -2.58. The first-order valence-electron chi connectivity index (χ1n) is 7.41. The number of carbonyl (C=O) groups is 2. The number of amides is 2. The molecule has 0 bridgehead atoms. The molecule has 1 heterocycles. The molecule has 4 nitrogen and oxygen atoms in total. The van der Waals surface area contributed by atoms with E-state index in [0.717, 1.165) is 24.9 Å². The zero-order chi connectivity index (χ0) is 14.1. The van der Waals surface area contributed by atoms with Gasteiger partial charge in [0.2, 0.25) is 11.8 Å². The third-order valence-electron chi connectivity index (χ3n) is 4.17. The van der Waals surface area contributed by atoms with E-state index in [0.29, 0.717) is 6.42 Å². The van der Waals surface area contributed by atoms with E-state index in [4.69, 9.17) is 0 Å². The normalized spacial score (nSPS) is 21.9. The van der Waals surface area contributed by atoms with Gasteiger partial charge in [-0.1, -0.05) is 19.4 Å². The molecule has 2 aliphatic rings. The number of carbonyl (C=O) groups excluding carboxylic acids is 2. The number of nitrogens with one attached hydrogen (secondary N) is 1. The van der Waals surface area contributed by atoms with Crippen molar-refractivity contribution in [2.24, 2.45) is 0 Å². The Morgan fingerprint density at radius 3 is 2.85 bits per heavy atom. The number of nitrogens with zero attached hydrogens (tertiary/aromatic N) is 1. The van der Waals surface area contributed by atoms with Gasteiger partial charge in [-0.15, -0.1) is 0 Å². The van der Waals surface area contributed by atoms with Gasteiger partial charge in [0.15, 0.2) is 0 Å². The maximum atomic E-state index is 12.5. The van der Waals surface area contributed by atoms with Crippen LogP contribution in [0.3, 0.4) is 0 Å². The second-order valence-corrected chi connectivity index (χ2v) is 5.64. The molecule has 1 aliphatic heterocycles. The quantitative estimate of drug-likeness (QED) is 0.912. The predicted octanol–water partition coefficient (Wildman–Crippen LogP) is 1.81. The van der Waals surface area contributed by atoms with E-state index in [1.54, 1.807) is 4.90 Å². The Bertz CT molecular complexity index is 553. The molecule has 1 N–H and O–H groups in total. The van der Waals surface area contributed by atoms with Gasteiger partial charge in [-0.3, -0.25) is 9.59 Å². The molecule has 106 valence electrons. The largest absolute Gasteiger partial charge is 0.343 e. The first-order valence-corrected chi connectivity index (χ1v) is 7.41.